The van der Waals surface area contributed by atoms with E-state index in [4.69, 9.17) is 13.9 Å². The van der Waals surface area contributed by atoms with Gasteiger partial charge in [0.15, 0.2) is 6.61 Å². The van der Waals surface area contributed by atoms with Gasteiger partial charge < -0.3 is 23.8 Å². The lowest BCUT2D eigenvalue weighted by atomic mass is 10.2. The van der Waals surface area contributed by atoms with Crippen LogP contribution in [0.3, 0.4) is 0 Å². The Kier molecular flexibility index (Phi) is 6.34. The van der Waals surface area contributed by atoms with Crippen molar-refractivity contribution < 1.29 is 32.7 Å². The van der Waals surface area contributed by atoms with Gasteiger partial charge in [-0.2, -0.15) is 0 Å². The molecule has 1 fully saturated rings. The Balaban J connectivity index is 1.27. The van der Waals surface area contributed by atoms with Crippen molar-refractivity contribution in [1.82, 2.24) is 9.88 Å². The number of halogens is 1. The second kappa shape index (κ2) is 9.51. The monoisotopic (exact) mass is 440 g/mol. The van der Waals surface area contributed by atoms with E-state index < -0.39 is 18.4 Å². The molecule has 0 radical (unpaired) electrons. The molecule has 1 aliphatic rings. The number of benzene rings is 1. The van der Waals surface area contributed by atoms with Crippen LogP contribution >= 0.6 is 0 Å². The number of ether oxygens (including phenoxy) is 2. The molecule has 32 heavy (non-hydrogen) atoms. The molecule has 4 rings (SSSR count). The number of nitrogens with zero attached hydrogens (tertiary/aromatic N) is 1. The minimum absolute atomic E-state index is 0.0367. The molecule has 1 aliphatic heterocycles. The summed E-state index contributed by atoms with van der Waals surface area (Å²) in [4.78, 5) is 41.4. The molecular weight excluding hydrogens is 419 g/mol. The average Bonchev–Trinajstić information content (AvgIpc) is 3.57. The molecule has 1 N–H and O–H groups in total. The van der Waals surface area contributed by atoms with Crippen LogP contribution in [0.1, 0.15) is 50.0 Å². The summed E-state index contributed by atoms with van der Waals surface area (Å²) in [5.41, 5.74) is 0.589. The Morgan fingerprint density at radius 3 is 2.56 bits per heavy atom. The van der Waals surface area contributed by atoms with Crippen molar-refractivity contribution in [3.63, 3.8) is 0 Å². The lowest BCUT2D eigenvalue weighted by molar-refractivity contribution is 0.0440. The number of amides is 1. The summed E-state index contributed by atoms with van der Waals surface area (Å²) in [6, 6.07) is 9.92. The molecule has 1 aromatic carbocycles. The first-order valence-electron chi connectivity index (χ1n) is 10.1. The molecule has 1 amide bonds. The van der Waals surface area contributed by atoms with Crippen molar-refractivity contribution in [1.29, 1.82) is 0 Å². The summed E-state index contributed by atoms with van der Waals surface area (Å²) in [5.74, 6) is -1.02. The number of hydrogen-bond donors (Lipinski definition) is 1. The third kappa shape index (κ3) is 5.05. The molecule has 0 aliphatic carbocycles. The minimum Gasteiger partial charge on any atom is -0.486 e. The van der Waals surface area contributed by atoms with Crippen molar-refractivity contribution in [2.24, 2.45) is 0 Å². The number of likely N-dealkylation sites (tertiary alicyclic amines) is 1. The fraction of sp³-hybridized carbons (Fsp3) is 0.261. The fourth-order valence-electron chi connectivity index (χ4n) is 3.31. The second-order valence-electron chi connectivity index (χ2n) is 7.31. The molecule has 0 atom stereocenters. The molecule has 0 bridgehead atoms. The number of furan rings is 1. The number of ketones is 1. The van der Waals surface area contributed by atoms with Crippen LogP contribution in [-0.2, 0) is 11.3 Å². The summed E-state index contributed by atoms with van der Waals surface area (Å²) in [7, 11) is 0. The molecule has 166 valence electrons. The van der Waals surface area contributed by atoms with Gasteiger partial charge in [0.05, 0.1) is 0 Å². The number of hydrogen-bond acceptors (Lipinski definition) is 6. The quantitative estimate of drug-likeness (QED) is 0.424. The van der Waals surface area contributed by atoms with Crippen molar-refractivity contribution in [2.45, 2.75) is 19.4 Å². The zero-order chi connectivity index (χ0) is 22.5. The largest absolute Gasteiger partial charge is 0.486 e. The van der Waals surface area contributed by atoms with Crippen LogP contribution in [0.25, 0.3) is 0 Å². The van der Waals surface area contributed by atoms with E-state index in [1.54, 1.807) is 11.0 Å². The van der Waals surface area contributed by atoms with Crippen LogP contribution < -0.4 is 4.74 Å². The summed E-state index contributed by atoms with van der Waals surface area (Å²) in [6.07, 6.45) is 3.37. The predicted octanol–water partition coefficient (Wildman–Crippen LogP) is 3.60. The molecule has 0 spiro atoms. The highest BCUT2D eigenvalue weighted by atomic mass is 19.1. The lowest BCUT2D eigenvalue weighted by Crippen LogP contribution is -2.27. The highest BCUT2D eigenvalue weighted by molar-refractivity contribution is 6.01. The van der Waals surface area contributed by atoms with E-state index in [0.29, 0.717) is 30.3 Å². The predicted molar refractivity (Wildman–Crippen MR) is 110 cm³/mol. The van der Waals surface area contributed by atoms with E-state index in [2.05, 4.69) is 4.98 Å². The van der Waals surface area contributed by atoms with E-state index >= 15 is 0 Å². The van der Waals surface area contributed by atoms with Gasteiger partial charge in [0.1, 0.15) is 29.6 Å². The zero-order valence-corrected chi connectivity index (χ0v) is 17.1. The van der Waals surface area contributed by atoms with Crippen molar-refractivity contribution in [2.75, 3.05) is 19.7 Å². The van der Waals surface area contributed by atoms with Gasteiger partial charge in [-0.1, -0.05) is 0 Å². The molecule has 9 heteroatoms. The normalized spacial score (nSPS) is 13.2. The van der Waals surface area contributed by atoms with Gasteiger partial charge in [0, 0.05) is 24.8 Å². The Morgan fingerprint density at radius 1 is 1.06 bits per heavy atom. The van der Waals surface area contributed by atoms with Crippen LogP contribution in [0.5, 0.6) is 5.75 Å². The maximum absolute atomic E-state index is 12.9. The van der Waals surface area contributed by atoms with Gasteiger partial charge in [0.25, 0.3) is 5.91 Å². The van der Waals surface area contributed by atoms with Crippen molar-refractivity contribution >= 4 is 17.7 Å². The standard InChI is InChI=1S/C23H21FN2O6/c24-16-3-5-17(6-4-16)30-13-18-7-8-21(32-18)23(29)31-14-20(27)15-11-19(25-12-15)22(28)26-9-1-2-10-26/h3-8,11-12,25H,1-2,9-10,13-14H2. The van der Waals surface area contributed by atoms with Crippen molar-refractivity contribution in [3.05, 3.63) is 77.3 Å². The molecular formula is C23H21FN2O6. The highest BCUT2D eigenvalue weighted by Crippen LogP contribution is 2.16. The van der Waals surface area contributed by atoms with Gasteiger partial charge in [-0.05, 0) is 55.3 Å². The molecule has 8 nitrogen and oxygen atoms in total. The molecule has 0 unspecified atom stereocenters. The number of esters is 1. The minimum atomic E-state index is -0.796. The molecule has 2 aromatic heterocycles. The number of carbonyl (C=O) groups is 3. The Morgan fingerprint density at radius 2 is 1.81 bits per heavy atom. The first kappa shape index (κ1) is 21.4. The third-order valence-corrected chi connectivity index (χ3v) is 5.02. The van der Waals surface area contributed by atoms with Crippen LogP contribution in [0.15, 0.2) is 53.1 Å². The summed E-state index contributed by atoms with van der Waals surface area (Å²) in [5, 5.41) is 0. The number of aromatic nitrogens is 1. The Bertz CT molecular complexity index is 1110. The number of rotatable bonds is 8. The lowest BCUT2D eigenvalue weighted by Gasteiger charge is -2.13. The van der Waals surface area contributed by atoms with Crippen LogP contribution in [0, 0.1) is 5.82 Å². The van der Waals surface area contributed by atoms with E-state index in [1.165, 1.54) is 42.6 Å². The molecule has 1 saturated heterocycles. The molecule has 3 aromatic rings. The van der Waals surface area contributed by atoms with Gasteiger partial charge in [0.2, 0.25) is 11.5 Å². The molecule has 3 heterocycles. The number of carbonyl (C=O) groups excluding carboxylic acids is 3. The maximum Gasteiger partial charge on any atom is 0.374 e. The highest BCUT2D eigenvalue weighted by Gasteiger charge is 2.22. The van der Waals surface area contributed by atoms with E-state index in [1.807, 2.05) is 0 Å². The zero-order valence-electron chi connectivity index (χ0n) is 17.1. The number of aromatic amines is 1. The summed E-state index contributed by atoms with van der Waals surface area (Å²) in [6.45, 7) is 0.961. The summed E-state index contributed by atoms with van der Waals surface area (Å²) < 4.78 is 28.8. The van der Waals surface area contributed by atoms with Crippen LogP contribution in [0.4, 0.5) is 4.39 Å². The van der Waals surface area contributed by atoms with Gasteiger partial charge in [-0.3, -0.25) is 9.59 Å². The molecule has 0 saturated carbocycles. The SMILES string of the molecule is O=C(COC(=O)c1ccc(COc2ccc(F)cc2)o1)c1c[nH]c(C(=O)N2CCCC2)c1. The van der Waals surface area contributed by atoms with Gasteiger partial charge in [-0.15, -0.1) is 0 Å². The summed E-state index contributed by atoms with van der Waals surface area (Å²) >= 11 is 0. The van der Waals surface area contributed by atoms with E-state index in [0.717, 1.165) is 12.8 Å². The topological polar surface area (TPSA) is 102 Å². The average molecular weight is 440 g/mol. The van der Waals surface area contributed by atoms with Crippen LogP contribution in [-0.4, -0.2) is 47.2 Å². The number of H-pyrrole nitrogens is 1. The maximum atomic E-state index is 12.9. The van der Waals surface area contributed by atoms with E-state index in [9.17, 15) is 18.8 Å². The van der Waals surface area contributed by atoms with Gasteiger partial charge in [-0.25, -0.2) is 9.18 Å². The number of nitrogens with one attached hydrogen (secondary N) is 1. The smallest absolute Gasteiger partial charge is 0.374 e. The third-order valence-electron chi connectivity index (χ3n) is 5.02. The van der Waals surface area contributed by atoms with Crippen LogP contribution in [0.2, 0.25) is 0 Å². The first-order valence-corrected chi connectivity index (χ1v) is 10.1. The van der Waals surface area contributed by atoms with E-state index in [-0.39, 0.29) is 29.7 Å². The number of Topliss-reactive ketones (excluding diaryl/α,β-unsaturated/α-hetero) is 1. The Labute approximate surface area is 182 Å². The van der Waals surface area contributed by atoms with Crippen molar-refractivity contribution in [3.8, 4) is 5.75 Å². The first-order chi connectivity index (χ1) is 15.5. The van der Waals surface area contributed by atoms with Gasteiger partial charge >= 0.3 is 5.97 Å². The second-order valence-corrected chi connectivity index (χ2v) is 7.31. The fourth-order valence-corrected chi connectivity index (χ4v) is 3.31. The Hall–Kier alpha value is -3.88.